The van der Waals surface area contributed by atoms with Gasteiger partial charge in [0.2, 0.25) is 0 Å². The molecule has 0 saturated carbocycles. The lowest BCUT2D eigenvalue weighted by molar-refractivity contribution is -0.135. The summed E-state index contributed by atoms with van der Waals surface area (Å²) in [6.07, 6.45) is 1.68. The van der Waals surface area contributed by atoms with E-state index in [0.29, 0.717) is 6.04 Å². The third kappa shape index (κ3) is 5.21. The van der Waals surface area contributed by atoms with Crippen molar-refractivity contribution in [2.24, 2.45) is 0 Å². The fraction of sp³-hybridized carbons (Fsp3) is 0.562. The van der Waals surface area contributed by atoms with Crippen LogP contribution in [0.25, 0.3) is 0 Å². The zero-order valence-electron chi connectivity index (χ0n) is 13.1. The van der Waals surface area contributed by atoms with Crippen molar-refractivity contribution in [3.63, 3.8) is 0 Å². The predicted molar refractivity (Wildman–Crippen MR) is 82.1 cm³/mol. The van der Waals surface area contributed by atoms with Crippen LogP contribution in [-0.2, 0) is 11.2 Å². The van der Waals surface area contributed by atoms with E-state index in [9.17, 15) is 4.79 Å². The molecule has 1 aromatic carbocycles. The highest BCUT2D eigenvalue weighted by atomic mass is 16.5. The molecule has 0 aliphatic carbocycles. The van der Waals surface area contributed by atoms with Crippen LogP contribution in [0.15, 0.2) is 24.3 Å². The monoisotopic (exact) mass is 278 g/mol. The van der Waals surface area contributed by atoms with Crippen molar-refractivity contribution in [1.82, 2.24) is 10.2 Å². The summed E-state index contributed by atoms with van der Waals surface area (Å²) in [5.41, 5.74) is 1.28. The Morgan fingerprint density at radius 1 is 1.25 bits per heavy atom. The number of ether oxygens (including phenoxy) is 1. The van der Waals surface area contributed by atoms with Gasteiger partial charge in [-0.1, -0.05) is 12.1 Å². The molecule has 0 spiro atoms. The molecule has 0 radical (unpaired) electrons. The van der Waals surface area contributed by atoms with Gasteiger partial charge in [0.15, 0.2) is 6.10 Å². The van der Waals surface area contributed by atoms with Crippen LogP contribution in [0.4, 0.5) is 0 Å². The van der Waals surface area contributed by atoms with Crippen LogP contribution in [0.1, 0.15) is 25.8 Å². The average molecular weight is 278 g/mol. The number of amides is 1. The maximum absolute atomic E-state index is 11.7. The molecule has 1 N–H and O–H groups in total. The van der Waals surface area contributed by atoms with Crippen LogP contribution >= 0.6 is 0 Å². The molecular formula is C16H26N2O2. The molecule has 2 atom stereocenters. The third-order valence-electron chi connectivity index (χ3n) is 3.38. The van der Waals surface area contributed by atoms with E-state index in [1.165, 1.54) is 10.5 Å². The van der Waals surface area contributed by atoms with E-state index in [1.54, 1.807) is 21.0 Å². The summed E-state index contributed by atoms with van der Waals surface area (Å²) in [6, 6.07) is 8.50. The lowest BCUT2D eigenvalue weighted by Crippen LogP contribution is -2.35. The molecule has 1 rings (SSSR count). The van der Waals surface area contributed by atoms with Gasteiger partial charge in [0.25, 0.3) is 5.91 Å². The Kier molecular flexibility index (Phi) is 6.52. The SMILES string of the molecule is CNC(C)CCc1ccc(OC(C)C(=O)N(C)C)cc1. The smallest absolute Gasteiger partial charge is 0.262 e. The Hall–Kier alpha value is -1.55. The molecule has 4 heteroatoms. The molecule has 0 saturated heterocycles. The quantitative estimate of drug-likeness (QED) is 0.830. The van der Waals surface area contributed by atoms with Gasteiger partial charge in [-0.15, -0.1) is 0 Å². The molecule has 2 unspecified atom stereocenters. The average Bonchev–Trinajstić information content (AvgIpc) is 2.45. The van der Waals surface area contributed by atoms with Crippen molar-refractivity contribution in [1.29, 1.82) is 0 Å². The van der Waals surface area contributed by atoms with E-state index in [-0.39, 0.29) is 5.91 Å². The third-order valence-corrected chi connectivity index (χ3v) is 3.38. The van der Waals surface area contributed by atoms with Gasteiger partial charge < -0.3 is 15.0 Å². The first-order chi connectivity index (χ1) is 9.43. The highest BCUT2D eigenvalue weighted by molar-refractivity contribution is 5.80. The molecule has 4 nitrogen and oxygen atoms in total. The molecular weight excluding hydrogens is 252 g/mol. The second-order valence-corrected chi connectivity index (χ2v) is 5.37. The highest BCUT2D eigenvalue weighted by Crippen LogP contribution is 2.16. The number of nitrogens with one attached hydrogen (secondary N) is 1. The second-order valence-electron chi connectivity index (χ2n) is 5.37. The van der Waals surface area contributed by atoms with Gasteiger partial charge >= 0.3 is 0 Å². The van der Waals surface area contributed by atoms with Crippen molar-refractivity contribution in [2.45, 2.75) is 38.8 Å². The Balaban J connectivity index is 2.52. The number of aryl methyl sites for hydroxylation is 1. The minimum Gasteiger partial charge on any atom is -0.481 e. The molecule has 0 aliphatic heterocycles. The first kappa shape index (κ1) is 16.5. The number of benzene rings is 1. The van der Waals surface area contributed by atoms with Gasteiger partial charge in [0.05, 0.1) is 0 Å². The number of rotatable bonds is 7. The van der Waals surface area contributed by atoms with Crippen LogP contribution in [0.3, 0.4) is 0 Å². The maximum Gasteiger partial charge on any atom is 0.262 e. The molecule has 0 bridgehead atoms. The molecule has 0 aromatic heterocycles. The fourth-order valence-electron chi connectivity index (χ4n) is 1.88. The van der Waals surface area contributed by atoms with Gasteiger partial charge in [0.1, 0.15) is 5.75 Å². The van der Waals surface area contributed by atoms with E-state index in [0.717, 1.165) is 18.6 Å². The van der Waals surface area contributed by atoms with Gasteiger partial charge in [-0.3, -0.25) is 4.79 Å². The van der Waals surface area contributed by atoms with E-state index in [2.05, 4.69) is 24.4 Å². The van der Waals surface area contributed by atoms with Crippen molar-refractivity contribution in [2.75, 3.05) is 21.1 Å². The Labute approximate surface area is 122 Å². The van der Waals surface area contributed by atoms with Gasteiger partial charge in [-0.25, -0.2) is 0 Å². The number of nitrogens with zero attached hydrogens (tertiary/aromatic N) is 1. The summed E-state index contributed by atoms with van der Waals surface area (Å²) in [4.78, 5) is 13.3. The summed E-state index contributed by atoms with van der Waals surface area (Å²) >= 11 is 0. The van der Waals surface area contributed by atoms with Crippen molar-refractivity contribution in [3.05, 3.63) is 29.8 Å². The standard InChI is InChI=1S/C16H26N2O2/c1-12(17-3)6-7-14-8-10-15(11-9-14)20-13(2)16(19)18(4)5/h8-13,17H,6-7H2,1-5H3. The fourth-order valence-corrected chi connectivity index (χ4v) is 1.88. The van der Waals surface area contributed by atoms with Crippen molar-refractivity contribution in [3.8, 4) is 5.75 Å². The largest absolute Gasteiger partial charge is 0.481 e. The number of hydrogen-bond acceptors (Lipinski definition) is 3. The minimum absolute atomic E-state index is 0.0306. The summed E-state index contributed by atoms with van der Waals surface area (Å²) in [5, 5.41) is 3.23. The predicted octanol–water partition coefficient (Wildman–Crippen LogP) is 2.08. The number of likely N-dealkylation sites (N-methyl/N-ethyl adjacent to an activating group) is 1. The number of carbonyl (C=O) groups is 1. The zero-order chi connectivity index (χ0) is 15.1. The normalized spacial score (nSPS) is 13.7. The zero-order valence-corrected chi connectivity index (χ0v) is 13.1. The topological polar surface area (TPSA) is 41.6 Å². The molecule has 0 heterocycles. The van der Waals surface area contributed by atoms with Gasteiger partial charge in [-0.05, 0) is 51.4 Å². The van der Waals surface area contributed by atoms with E-state index >= 15 is 0 Å². The molecule has 20 heavy (non-hydrogen) atoms. The molecule has 1 aromatic rings. The van der Waals surface area contributed by atoms with Crippen LogP contribution in [-0.4, -0.2) is 44.1 Å². The first-order valence-corrected chi connectivity index (χ1v) is 7.08. The van der Waals surface area contributed by atoms with E-state index in [1.807, 2.05) is 19.2 Å². The number of carbonyl (C=O) groups excluding carboxylic acids is 1. The molecule has 0 aliphatic rings. The van der Waals surface area contributed by atoms with Crippen LogP contribution in [0, 0.1) is 0 Å². The summed E-state index contributed by atoms with van der Waals surface area (Å²) in [6.45, 7) is 3.94. The lowest BCUT2D eigenvalue weighted by Gasteiger charge is -2.18. The number of hydrogen-bond donors (Lipinski definition) is 1. The summed E-state index contributed by atoms with van der Waals surface area (Å²) in [5.74, 6) is 0.704. The Bertz CT molecular complexity index is 415. The van der Waals surface area contributed by atoms with Gasteiger partial charge in [-0.2, -0.15) is 0 Å². The van der Waals surface area contributed by atoms with Crippen LogP contribution < -0.4 is 10.1 Å². The molecule has 0 fully saturated rings. The summed E-state index contributed by atoms with van der Waals surface area (Å²) < 4.78 is 5.64. The van der Waals surface area contributed by atoms with E-state index < -0.39 is 6.10 Å². The maximum atomic E-state index is 11.7. The Morgan fingerprint density at radius 3 is 2.35 bits per heavy atom. The second kappa shape index (κ2) is 7.90. The van der Waals surface area contributed by atoms with E-state index in [4.69, 9.17) is 4.74 Å². The Morgan fingerprint density at radius 2 is 1.85 bits per heavy atom. The highest BCUT2D eigenvalue weighted by Gasteiger charge is 2.16. The minimum atomic E-state index is -0.458. The summed E-state index contributed by atoms with van der Waals surface area (Å²) in [7, 11) is 5.44. The molecule has 1 amide bonds. The lowest BCUT2D eigenvalue weighted by atomic mass is 10.1. The van der Waals surface area contributed by atoms with Crippen molar-refractivity contribution < 1.29 is 9.53 Å². The molecule has 112 valence electrons. The van der Waals surface area contributed by atoms with Crippen LogP contribution in [0.5, 0.6) is 5.75 Å². The van der Waals surface area contributed by atoms with Crippen LogP contribution in [0.2, 0.25) is 0 Å². The first-order valence-electron chi connectivity index (χ1n) is 7.08. The van der Waals surface area contributed by atoms with Crippen molar-refractivity contribution >= 4 is 5.91 Å². The van der Waals surface area contributed by atoms with Gasteiger partial charge in [0, 0.05) is 20.1 Å².